The smallest absolute Gasteiger partial charge is 0.326 e. The SMILES string of the molecule is C[C@@]1(c2ccccc2)NC(=O)N(CC(=O)OCC(=O)N2CCCCCCC2)C1=O. The zero-order chi connectivity index (χ0) is 20.9. The molecule has 0 aliphatic carbocycles. The summed E-state index contributed by atoms with van der Waals surface area (Å²) in [6.07, 6.45) is 5.26. The lowest BCUT2D eigenvalue weighted by molar-refractivity contribution is -0.154. The lowest BCUT2D eigenvalue weighted by Crippen LogP contribution is -2.42. The molecule has 29 heavy (non-hydrogen) atoms. The van der Waals surface area contributed by atoms with Crippen molar-refractivity contribution in [3.63, 3.8) is 0 Å². The molecule has 1 aromatic rings. The van der Waals surface area contributed by atoms with Gasteiger partial charge in [-0.2, -0.15) is 0 Å². The molecular formula is C21H27N3O5. The molecule has 2 fully saturated rings. The quantitative estimate of drug-likeness (QED) is 0.599. The minimum absolute atomic E-state index is 0.244. The van der Waals surface area contributed by atoms with Gasteiger partial charge < -0.3 is 15.0 Å². The Morgan fingerprint density at radius 2 is 1.66 bits per heavy atom. The number of imide groups is 1. The molecule has 4 amide bonds. The molecule has 2 aliphatic heterocycles. The van der Waals surface area contributed by atoms with Gasteiger partial charge in [0.1, 0.15) is 12.1 Å². The second kappa shape index (κ2) is 9.07. The summed E-state index contributed by atoms with van der Waals surface area (Å²) < 4.78 is 5.06. The highest BCUT2D eigenvalue weighted by molar-refractivity contribution is 6.08. The van der Waals surface area contributed by atoms with E-state index in [1.807, 2.05) is 6.07 Å². The molecule has 8 nitrogen and oxygen atoms in total. The molecule has 0 radical (unpaired) electrons. The molecule has 0 saturated carbocycles. The fourth-order valence-corrected chi connectivity index (χ4v) is 3.71. The number of carbonyl (C=O) groups excluding carboxylic acids is 4. The van der Waals surface area contributed by atoms with E-state index in [0.717, 1.165) is 30.6 Å². The Balaban J connectivity index is 1.54. The first-order chi connectivity index (χ1) is 13.9. The number of amides is 4. The van der Waals surface area contributed by atoms with Crippen LogP contribution in [-0.4, -0.2) is 59.9 Å². The van der Waals surface area contributed by atoms with Crippen molar-refractivity contribution < 1.29 is 23.9 Å². The first-order valence-corrected chi connectivity index (χ1v) is 10.0. The van der Waals surface area contributed by atoms with Gasteiger partial charge in [-0.05, 0) is 25.3 Å². The van der Waals surface area contributed by atoms with E-state index in [9.17, 15) is 19.2 Å². The van der Waals surface area contributed by atoms with Crippen LogP contribution >= 0.6 is 0 Å². The van der Waals surface area contributed by atoms with Crippen molar-refractivity contribution >= 4 is 23.8 Å². The van der Waals surface area contributed by atoms with Gasteiger partial charge >= 0.3 is 12.0 Å². The Bertz CT molecular complexity index is 774. The zero-order valence-electron chi connectivity index (χ0n) is 16.7. The Morgan fingerprint density at radius 3 is 2.31 bits per heavy atom. The van der Waals surface area contributed by atoms with Gasteiger partial charge in [-0.25, -0.2) is 4.79 Å². The molecule has 0 bridgehead atoms. The van der Waals surface area contributed by atoms with Crippen LogP contribution in [0.25, 0.3) is 0 Å². The lowest BCUT2D eigenvalue weighted by atomic mass is 9.92. The van der Waals surface area contributed by atoms with Crippen LogP contribution in [0.4, 0.5) is 4.79 Å². The Hall–Kier alpha value is -2.90. The van der Waals surface area contributed by atoms with Crippen LogP contribution in [0.15, 0.2) is 30.3 Å². The van der Waals surface area contributed by atoms with Gasteiger partial charge in [0, 0.05) is 13.1 Å². The van der Waals surface area contributed by atoms with Crippen molar-refractivity contribution in [3.8, 4) is 0 Å². The van der Waals surface area contributed by atoms with Gasteiger partial charge in [0.2, 0.25) is 0 Å². The molecule has 2 heterocycles. The number of likely N-dealkylation sites (tertiary alicyclic amines) is 1. The van der Waals surface area contributed by atoms with Crippen LogP contribution in [0, 0.1) is 0 Å². The average molecular weight is 401 g/mol. The first kappa shape index (κ1) is 20.8. The van der Waals surface area contributed by atoms with Gasteiger partial charge in [0.05, 0.1) is 0 Å². The van der Waals surface area contributed by atoms with Gasteiger partial charge in [-0.3, -0.25) is 19.3 Å². The van der Waals surface area contributed by atoms with E-state index in [0.29, 0.717) is 18.7 Å². The standard InChI is InChI=1S/C21H27N3O5/c1-21(16-10-6-5-7-11-16)19(27)24(20(28)22-21)14-18(26)29-15-17(25)23-12-8-3-2-4-9-13-23/h5-7,10-11H,2-4,8-9,12-15H2,1H3,(H,22,28)/t21-/m0/s1. The van der Waals surface area contributed by atoms with Gasteiger partial charge in [0.15, 0.2) is 6.61 Å². The minimum Gasteiger partial charge on any atom is -0.454 e. The highest BCUT2D eigenvalue weighted by atomic mass is 16.5. The summed E-state index contributed by atoms with van der Waals surface area (Å²) in [5.41, 5.74) is -0.611. The van der Waals surface area contributed by atoms with Crippen molar-refractivity contribution in [2.24, 2.45) is 0 Å². The van der Waals surface area contributed by atoms with Crippen LogP contribution in [-0.2, 0) is 24.7 Å². The second-order valence-corrected chi connectivity index (χ2v) is 7.62. The van der Waals surface area contributed by atoms with E-state index in [1.165, 1.54) is 6.42 Å². The Morgan fingerprint density at radius 1 is 1.03 bits per heavy atom. The van der Waals surface area contributed by atoms with Gasteiger partial charge in [-0.15, -0.1) is 0 Å². The van der Waals surface area contributed by atoms with Crippen molar-refractivity contribution in [2.75, 3.05) is 26.2 Å². The molecule has 1 N–H and O–H groups in total. The topological polar surface area (TPSA) is 96.0 Å². The zero-order valence-corrected chi connectivity index (χ0v) is 16.7. The maximum absolute atomic E-state index is 12.8. The van der Waals surface area contributed by atoms with Crippen LogP contribution in [0.2, 0.25) is 0 Å². The number of ether oxygens (including phenoxy) is 1. The van der Waals surface area contributed by atoms with Gasteiger partial charge in [0.25, 0.3) is 11.8 Å². The molecular weight excluding hydrogens is 374 g/mol. The summed E-state index contributed by atoms with van der Waals surface area (Å²) in [5.74, 6) is -1.56. The minimum atomic E-state index is -1.24. The number of urea groups is 1. The normalized spacial score (nSPS) is 22.7. The maximum Gasteiger partial charge on any atom is 0.326 e. The molecule has 156 valence electrons. The molecule has 0 spiro atoms. The summed E-state index contributed by atoms with van der Waals surface area (Å²) in [5, 5.41) is 2.64. The lowest BCUT2D eigenvalue weighted by Gasteiger charge is -2.24. The third kappa shape index (κ3) is 4.75. The van der Waals surface area contributed by atoms with Crippen molar-refractivity contribution in [1.82, 2.24) is 15.1 Å². The summed E-state index contributed by atoms with van der Waals surface area (Å²) in [7, 11) is 0. The summed E-state index contributed by atoms with van der Waals surface area (Å²) in [6, 6.07) is 8.17. The largest absolute Gasteiger partial charge is 0.454 e. The van der Waals surface area contributed by atoms with Crippen LogP contribution < -0.4 is 5.32 Å². The Kier molecular flexibility index (Phi) is 6.51. The number of carbonyl (C=O) groups is 4. The summed E-state index contributed by atoms with van der Waals surface area (Å²) >= 11 is 0. The van der Waals surface area contributed by atoms with Crippen LogP contribution in [0.3, 0.4) is 0 Å². The van der Waals surface area contributed by atoms with Crippen molar-refractivity contribution in [3.05, 3.63) is 35.9 Å². The predicted octanol–water partition coefficient (Wildman–Crippen LogP) is 1.79. The number of rotatable bonds is 5. The first-order valence-electron chi connectivity index (χ1n) is 10.0. The van der Waals surface area contributed by atoms with E-state index in [1.54, 1.807) is 36.1 Å². The fraction of sp³-hybridized carbons (Fsp3) is 0.524. The predicted molar refractivity (Wildman–Crippen MR) is 105 cm³/mol. The number of hydrogen-bond acceptors (Lipinski definition) is 5. The molecule has 2 aliphatic rings. The maximum atomic E-state index is 12.8. The van der Waals surface area contributed by atoms with Crippen LogP contribution in [0.1, 0.15) is 44.6 Å². The van der Waals surface area contributed by atoms with E-state index in [2.05, 4.69) is 5.32 Å². The second-order valence-electron chi connectivity index (χ2n) is 7.62. The summed E-state index contributed by atoms with van der Waals surface area (Å²) in [6.45, 7) is 2.02. The average Bonchev–Trinajstić information content (AvgIpc) is 2.90. The van der Waals surface area contributed by atoms with Crippen molar-refractivity contribution in [2.45, 2.75) is 44.6 Å². The number of esters is 1. The van der Waals surface area contributed by atoms with Gasteiger partial charge in [-0.1, -0.05) is 49.6 Å². The van der Waals surface area contributed by atoms with E-state index < -0.39 is 30.0 Å². The molecule has 0 unspecified atom stereocenters. The highest BCUT2D eigenvalue weighted by Crippen LogP contribution is 2.28. The number of nitrogens with zero attached hydrogens (tertiary/aromatic N) is 2. The van der Waals surface area contributed by atoms with E-state index in [-0.39, 0.29) is 12.5 Å². The monoisotopic (exact) mass is 401 g/mol. The third-order valence-electron chi connectivity index (χ3n) is 5.48. The molecule has 8 heteroatoms. The molecule has 1 aromatic carbocycles. The summed E-state index contributed by atoms with van der Waals surface area (Å²) in [4.78, 5) is 52.1. The number of nitrogens with one attached hydrogen (secondary N) is 1. The molecule has 3 rings (SSSR count). The molecule has 0 aromatic heterocycles. The van der Waals surface area contributed by atoms with Crippen LogP contribution in [0.5, 0.6) is 0 Å². The fourth-order valence-electron chi connectivity index (χ4n) is 3.71. The number of hydrogen-bond donors (Lipinski definition) is 1. The molecule has 2 saturated heterocycles. The van der Waals surface area contributed by atoms with Crippen molar-refractivity contribution in [1.29, 1.82) is 0 Å². The Labute approximate surface area is 170 Å². The number of benzene rings is 1. The highest BCUT2D eigenvalue weighted by Gasteiger charge is 2.49. The molecule has 1 atom stereocenters. The van der Waals surface area contributed by atoms with E-state index in [4.69, 9.17) is 4.74 Å². The third-order valence-corrected chi connectivity index (χ3v) is 5.48. The van der Waals surface area contributed by atoms with E-state index >= 15 is 0 Å².